The zero-order valence-corrected chi connectivity index (χ0v) is 11.1. The molecule has 1 atom stereocenters. The number of fused-ring (bicyclic) bond motifs is 4. The lowest BCUT2D eigenvalue weighted by molar-refractivity contribution is 0.184. The quantitative estimate of drug-likeness (QED) is 0.738. The first-order valence-corrected chi connectivity index (χ1v) is 6.80. The normalized spacial score (nSPS) is 34.1. The van der Waals surface area contributed by atoms with Crippen LogP contribution in [0.3, 0.4) is 0 Å². The van der Waals surface area contributed by atoms with Gasteiger partial charge < -0.3 is 9.47 Å². The average Bonchev–Trinajstić information content (AvgIpc) is 2.67. The Morgan fingerprint density at radius 1 is 1.06 bits per heavy atom. The smallest absolute Gasteiger partial charge is 0.109 e. The molecule has 1 unspecified atom stereocenters. The third-order valence-electron chi connectivity index (χ3n) is 4.81. The highest BCUT2D eigenvalue weighted by atomic mass is 15.4. The minimum atomic E-state index is 0.517. The molecule has 17 heavy (non-hydrogen) atoms. The topological polar surface area (TPSA) is 11.4 Å². The van der Waals surface area contributed by atoms with E-state index in [4.69, 9.17) is 0 Å². The van der Waals surface area contributed by atoms with E-state index in [1.807, 2.05) is 0 Å². The Bertz CT molecular complexity index is 390. The van der Waals surface area contributed by atoms with Crippen LogP contribution in [-0.2, 0) is 7.05 Å². The molecule has 3 heteroatoms. The van der Waals surface area contributed by atoms with Gasteiger partial charge in [0, 0.05) is 25.3 Å². The summed E-state index contributed by atoms with van der Waals surface area (Å²) in [5.74, 6) is 1.37. The molecule has 2 aliphatic heterocycles. The fourth-order valence-corrected chi connectivity index (χ4v) is 3.65. The highest BCUT2D eigenvalue weighted by Gasteiger charge is 2.38. The van der Waals surface area contributed by atoms with E-state index >= 15 is 0 Å². The molecule has 0 radical (unpaired) electrons. The molecule has 3 nitrogen and oxygen atoms in total. The number of aromatic nitrogens is 1. The maximum Gasteiger partial charge on any atom is 0.109 e. The Labute approximate surface area is 104 Å². The monoisotopic (exact) mass is 233 g/mol. The Morgan fingerprint density at radius 3 is 2.29 bits per heavy atom. The molecule has 0 N–H and O–H groups in total. The third kappa shape index (κ3) is 1.68. The second-order valence-electron chi connectivity index (χ2n) is 5.64. The molecule has 2 bridgehead atoms. The SMILES string of the molecule is CC1N(C)C2CCC(CC2)N1c1cccn1C. The number of aryl methyl sites for hydroxylation is 1. The van der Waals surface area contributed by atoms with Gasteiger partial charge in [0.1, 0.15) is 5.82 Å². The van der Waals surface area contributed by atoms with Crippen molar-refractivity contribution >= 4 is 5.82 Å². The van der Waals surface area contributed by atoms with Gasteiger partial charge in [-0.05, 0) is 51.8 Å². The molecule has 0 aromatic carbocycles. The predicted octanol–water partition coefficient (Wildman–Crippen LogP) is 2.43. The van der Waals surface area contributed by atoms with Crippen molar-refractivity contribution in [2.45, 2.75) is 50.9 Å². The van der Waals surface area contributed by atoms with E-state index in [2.05, 4.69) is 53.7 Å². The second kappa shape index (κ2) is 4.05. The van der Waals surface area contributed by atoms with Crippen LogP contribution in [0.2, 0.25) is 0 Å². The summed E-state index contributed by atoms with van der Waals surface area (Å²) >= 11 is 0. The van der Waals surface area contributed by atoms with Crippen LogP contribution in [0.5, 0.6) is 0 Å². The van der Waals surface area contributed by atoms with Gasteiger partial charge in [0.2, 0.25) is 0 Å². The number of hydrogen-bond acceptors (Lipinski definition) is 2. The highest BCUT2D eigenvalue weighted by Crippen LogP contribution is 2.36. The van der Waals surface area contributed by atoms with Crippen LogP contribution in [0.15, 0.2) is 18.3 Å². The summed E-state index contributed by atoms with van der Waals surface area (Å²) in [5.41, 5.74) is 0. The van der Waals surface area contributed by atoms with Gasteiger partial charge in [0.25, 0.3) is 0 Å². The van der Waals surface area contributed by atoms with Crippen molar-refractivity contribution < 1.29 is 0 Å². The van der Waals surface area contributed by atoms with Gasteiger partial charge in [0.05, 0.1) is 6.17 Å². The molecule has 1 aliphatic carbocycles. The van der Waals surface area contributed by atoms with Gasteiger partial charge >= 0.3 is 0 Å². The molecule has 3 heterocycles. The van der Waals surface area contributed by atoms with Crippen molar-refractivity contribution in [2.24, 2.45) is 7.05 Å². The average molecular weight is 233 g/mol. The fraction of sp³-hybridized carbons (Fsp3) is 0.714. The van der Waals surface area contributed by atoms with E-state index in [1.54, 1.807) is 0 Å². The number of rotatable bonds is 1. The van der Waals surface area contributed by atoms with Crippen LogP contribution < -0.4 is 4.90 Å². The fourth-order valence-electron chi connectivity index (χ4n) is 3.65. The molecular formula is C14H23N3. The second-order valence-corrected chi connectivity index (χ2v) is 5.64. The first-order valence-electron chi connectivity index (χ1n) is 6.80. The third-order valence-corrected chi connectivity index (χ3v) is 4.81. The summed E-state index contributed by atoms with van der Waals surface area (Å²) in [7, 11) is 4.44. The van der Waals surface area contributed by atoms with E-state index in [0.717, 1.165) is 12.1 Å². The van der Waals surface area contributed by atoms with Gasteiger partial charge in [-0.1, -0.05) is 0 Å². The van der Waals surface area contributed by atoms with E-state index in [-0.39, 0.29) is 0 Å². The number of nitrogens with zero attached hydrogens (tertiary/aromatic N) is 3. The summed E-state index contributed by atoms with van der Waals surface area (Å²) in [6.45, 7) is 2.35. The molecule has 1 aromatic rings. The van der Waals surface area contributed by atoms with E-state index < -0.39 is 0 Å². The minimum absolute atomic E-state index is 0.517. The summed E-state index contributed by atoms with van der Waals surface area (Å²) < 4.78 is 2.25. The highest BCUT2D eigenvalue weighted by molar-refractivity contribution is 5.43. The Morgan fingerprint density at radius 2 is 1.71 bits per heavy atom. The lowest BCUT2D eigenvalue weighted by Gasteiger charge is -2.38. The molecule has 0 amide bonds. The molecule has 94 valence electrons. The Hall–Kier alpha value is -0.960. The van der Waals surface area contributed by atoms with Crippen LogP contribution >= 0.6 is 0 Å². The molecular weight excluding hydrogens is 210 g/mol. The van der Waals surface area contributed by atoms with E-state index in [1.165, 1.54) is 31.5 Å². The Kier molecular flexibility index (Phi) is 2.66. The number of anilines is 1. The van der Waals surface area contributed by atoms with Crippen molar-refractivity contribution in [3.63, 3.8) is 0 Å². The number of hydrogen-bond donors (Lipinski definition) is 0. The van der Waals surface area contributed by atoms with Crippen molar-refractivity contribution in [3.05, 3.63) is 18.3 Å². The summed E-state index contributed by atoms with van der Waals surface area (Å²) in [6.07, 6.45) is 8.11. The lowest BCUT2D eigenvalue weighted by Crippen LogP contribution is -2.47. The molecule has 0 spiro atoms. The molecule has 2 saturated heterocycles. The van der Waals surface area contributed by atoms with Gasteiger partial charge in [-0.3, -0.25) is 4.90 Å². The van der Waals surface area contributed by atoms with Crippen molar-refractivity contribution in [1.29, 1.82) is 0 Å². The van der Waals surface area contributed by atoms with Gasteiger partial charge in [-0.15, -0.1) is 0 Å². The van der Waals surface area contributed by atoms with E-state index in [9.17, 15) is 0 Å². The molecule has 3 fully saturated rings. The zero-order chi connectivity index (χ0) is 12.0. The van der Waals surface area contributed by atoms with Crippen molar-refractivity contribution in [3.8, 4) is 0 Å². The van der Waals surface area contributed by atoms with Crippen LogP contribution in [0.1, 0.15) is 32.6 Å². The largest absolute Gasteiger partial charge is 0.340 e. The van der Waals surface area contributed by atoms with Crippen LogP contribution in [-0.4, -0.2) is 34.8 Å². The van der Waals surface area contributed by atoms with Crippen LogP contribution in [0.25, 0.3) is 0 Å². The molecule has 1 aromatic heterocycles. The molecule has 1 saturated carbocycles. The maximum atomic E-state index is 2.63. The van der Waals surface area contributed by atoms with Crippen LogP contribution in [0, 0.1) is 0 Å². The first kappa shape index (κ1) is 11.1. The molecule has 3 aliphatic rings. The summed E-state index contributed by atoms with van der Waals surface area (Å²) in [5, 5.41) is 0. The van der Waals surface area contributed by atoms with Crippen LogP contribution in [0.4, 0.5) is 5.82 Å². The molecule has 4 rings (SSSR count). The summed E-state index contributed by atoms with van der Waals surface area (Å²) in [4.78, 5) is 5.20. The van der Waals surface area contributed by atoms with E-state index in [0.29, 0.717) is 6.17 Å². The minimum Gasteiger partial charge on any atom is -0.340 e. The van der Waals surface area contributed by atoms with Gasteiger partial charge in [-0.25, -0.2) is 0 Å². The lowest BCUT2D eigenvalue weighted by atomic mass is 9.91. The maximum absolute atomic E-state index is 2.63. The Balaban J connectivity index is 1.99. The van der Waals surface area contributed by atoms with Gasteiger partial charge in [0.15, 0.2) is 0 Å². The summed E-state index contributed by atoms with van der Waals surface area (Å²) in [6, 6.07) is 5.94. The van der Waals surface area contributed by atoms with Gasteiger partial charge in [-0.2, -0.15) is 0 Å². The predicted molar refractivity (Wildman–Crippen MR) is 71.2 cm³/mol. The van der Waals surface area contributed by atoms with Crippen molar-refractivity contribution in [2.75, 3.05) is 11.9 Å². The first-order chi connectivity index (χ1) is 8.18. The van der Waals surface area contributed by atoms with Crippen molar-refractivity contribution in [1.82, 2.24) is 9.47 Å². The standard InChI is InChI=1S/C14H23N3/c1-11-16(3)12-6-8-13(9-7-12)17(11)14-5-4-10-15(14)2/h4-5,10-13H,6-9H2,1-3H3. The zero-order valence-electron chi connectivity index (χ0n) is 11.1.